The van der Waals surface area contributed by atoms with Crippen LogP contribution in [0.5, 0.6) is 5.75 Å². The van der Waals surface area contributed by atoms with Crippen LogP contribution in [0.4, 0.5) is 0 Å². The van der Waals surface area contributed by atoms with Gasteiger partial charge in [-0.25, -0.2) is 0 Å². The molecule has 1 fully saturated rings. The topological polar surface area (TPSA) is 21.3 Å². The molecular weight excluding hydrogens is 290 g/mol. The fraction of sp³-hybridized carbons (Fsp3) is 0.600. The predicted molar refractivity (Wildman–Crippen MR) is 79.4 cm³/mol. The van der Waals surface area contributed by atoms with Gasteiger partial charge in [-0.1, -0.05) is 22.9 Å². The zero-order chi connectivity index (χ0) is 13.0. The first-order chi connectivity index (χ1) is 8.74. The number of ether oxygens (including phenoxy) is 1. The number of piperidine rings is 1. The Balaban J connectivity index is 2.21. The number of halogens is 1. The molecule has 2 rings (SSSR count). The number of nitrogens with one attached hydrogen (secondary N) is 1. The van der Waals surface area contributed by atoms with Crippen molar-refractivity contribution in [1.82, 2.24) is 5.32 Å². The lowest BCUT2D eigenvalue weighted by atomic mass is 9.91. The first kappa shape index (κ1) is 13.9. The van der Waals surface area contributed by atoms with Crippen LogP contribution in [0.2, 0.25) is 0 Å². The molecule has 1 unspecified atom stereocenters. The Morgan fingerprint density at radius 1 is 1.39 bits per heavy atom. The molecule has 0 saturated carbocycles. The molecular formula is C15H22BrNO. The van der Waals surface area contributed by atoms with Crippen LogP contribution in [0, 0.1) is 5.92 Å². The van der Waals surface area contributed by atoms with Gasteiger partial charge in [-0.2, -0.15) is 0 Å². The van der Waals surface area contributed by atoms with E-state index in [-0.39, 0.29) is 0 Å². The van der Waals surface area contributed by atoms with Crippen LogP contribution in [0.15, 0.2) is 16.6 Å². The van der Waals surface area contributed by atoms with E-state index >= 15 is 0 Å². The Hall–Kier alpha value is -0.540. The molecule has 0 aromatic heterocycles. The summed E-state index contributed by atoms with van der Waals surface area (Å²) in [6.45, 7) is 4.49. The lowest BCUT2D eigenvalue weighted by Crippen LogP contribution is -2.30. The molecule has 0 bridgehead atoms. The second kappa shape index (κ2) is 6.58. The van der Waals surface area contributed by atoms with Gasteiger partial charge in [-0.15, -0.1) is 0 Å². The molecule has 1 aromatic rings. The highest BCUT2D eigenvalue weighted by Gasteiger charge is 2.17. The minimum absolute atomic E-state index is 0.742. The molecule has 1 atom stereocenters. The van der Waals surface area contributed by atoms with Gasteiger partial charge in [0.2, 0.25) is 0 Å². The Morgan fingerprint density at radius 2 is 2.17 bits per heavy atom. The summed E-state index contributed by atoms with van der Waals surface area (Å²) in [6.07, 6.45) is 4.74. The van der Waals surface area contributed by atoms with Gasteiger partial charge in [-0.3, -0.25) is 0 Å². The summed E-state index contributed by atoms with van der Waals surface area (Å²) in [5, 5.41) is 3.48. The number of hydrogen-bond donors (Lipinski definition) is 1. The lowest BCUT2D eigenvalue weighted by molar-refractivity contribution is 0.362. The average Bonchev–Trinajstić information content (AvgIpc) is 2.39. The van der Waals surface area contributed by atoms with E-state index in [2.05, 4.69) is 40.3 Å². The summed E-state index contributed by atoms with van der Waals surface area (Å²) >= 11 is 3.61. The minimum atomic E-state index is 0.742. The van der Waals surface area contributed by atoms with Crippen molar-refractivity contribution in [1.29, 1.82) is 0 Å². The van der Waals surface area contributed by atoms with Gasteiger partial charge in [0.25, 0.3) is 0 Å². The van der Waals surface area contributed by atoms with Crippen molar-refractivity contribution in [3.8, 4) is 5.75 Å². The van der Waals surface area contributed by atoms with Crippen molar-refractivity contribution < 1.29 is 4.74 Å². The Kier molecular flexibility index (Phi) is 5.07. The molecule has 3 heteroatoms. The molecule has 1 aromatic carbocycles. The molecule has 100 valence electrons. The van der Waals surface area contributed by atoms with Crippen molar-refractivity contribution in [2.75, 3.05) is 20.2 Å². The van der Waals surface area contributed by atoms with Crippen molar-refractivity contribution >= 4 is 15.9 Å². The Labute approximate surface area is 118 Å². The van der Waals surface area contributed by atoms with E-state index in [4.69, 9.17) is 4.74 Å². The summed E-state index contributed by atoms with van der Waals surface area (Å²) < 4.78 is 6.79. The highest BCUT2D eigenvalue weighted by atomic mass is 79.9. The van der Waals surface area contributed by atoms with Crippen molar-refractivity contribution in [3.05, 3.63) is 27.7 Å². The van der Waals surface area contributed by atoms with Gasteiger partial charge in [0.1, 0.15) is 5.75 Å². The predicted octanol–water partition coefficient (Wildman–Crippen LogP) is 3.56. The molecule has 1 aliphatic rings. The van der Waals surface area contributed by atoms with Gasteiger partial charge in [0, 0.05) is 4.47 Å². The molecule has 0 amide bonds. The molecule has 1 N–H and O–H groups in total. The zero-order valence-electron chi connectivity index (χ0n) is 11.3. The van der Waals surface area contributed by atoms with E-state index in [0.29, 0.717) is 0 Å². The van der Waals surface area contributed by atoms with Crippen LogP contribution in [-0.4, -0.2) is 20.2 Å². The summed E-state index contributed by atoms with van der Waals surface area (Å²) in [5.74, 6) is 1.83. The number of benzene rings is 1. The molecule has 18 heavy (non-hydrogen) atoms. The second-order valence-corrected chi connectivity index (χ2v) is 5.94. The monoisotopic (exact) mass is 311 g/mol. The van der Waals surface area contributed by atoms with Crippen LogP contribution in [0.1, 0.15) is 30.9 Å². The quantitative estimate of drug-likeness (QED) is 0.918. The van der Waals surface area contributed by atoms with Crippen LogP contribution in [0.3, 0.4) is 0 Å². The fourth-order valence-electron chi connectivity index (χ4n) is 2.80. The van der Waals surface area contributed by atoms with E-state index in [9.17, 15) is 0 Å². The highest BCUT2D eigenvalue weighted by Crippen LogP contribution is 2.31. The van der Waals surface area contributed by atoms with Gasteiger partial charge in [-0.05, 0) is 68.0 Å². The lowest BCUT2D eigenvalue weighted by Gasteiger charge is -2.24. The third-order valence-electron chi connectivity index (χ3n) is 3.70. The Bertz CT molecular complexity index is 400. The fourth-order valence-corrected chi connectivity index (χ4v) is 3.35. The largest absolute Gasteiger partial charge is 0.496 e. The van der Waals surface area contributed by atoms with Crippen LogP contribution >= 0.6 is 15.9 Å². The van der Waals surface area contributed by atoms with Gasteiger partial charge < -0.3 is 10.1 Å². The van der Waals surface area contributed by atoms with E-state index in [1.165, 1.54) is 35.0 Å². The number of methoxy groups -OCH3 is 1. The molecule has 1 heterocycles. The zero-order valence-corrected chi connectivity index (χ0v) is 12.8. The molecule has 0 spiro atoms. The van der Waals surface area contributed by atoms with E-state index in [1.807, 2.05) is 0 Å². The van der Waals surface area contributed by atoms with Gasteiger partial charge in [0.15, 0.2) is 0 Å². The normalized spacial score (nSPS) is 19.8. The minimum Gasteiger partial charge on any atom is -0.496 e. The van der Waals surface area contributed by atoms with Gasteiger partial charge >= 0.3 is 0 Å². The van der Waals surface area contributed by atoms with Crippen molar-refractivity contribution in [2.45, 2.75) is 32.6 Å². The summed E-state index contributed by atoms with van der Waals surface area (Å²) in [4.78, 5) is 0. The van der Waals surface area contributed by atoms with E-state index in [1.54, 1.807) is 7.11 Å². The summed E-state index contributed by atoms with van der Waals surface area (Å²) in [7, 11) is 1.78. The van der Waals surface area contributed by atoms with Gasteiger partial charge in [0.05, 0.1) is 7.11 Å². The second-order valence-electron chi connectivity index (χ2n) is 5.03. The maximum atomic E-state index is 5.62. The van der Waals surface area contributed by atoms with Crippen LogP contribution < -0.4 is 10.1 Å². The number of hydrogen-bond acceptors (Lipinski definition) is 2. The van der Waals surface area contributed by atoms with Crippen LogP contribution in [-0.2, 0) is 12.8 Å². The Morgan fingerprint density at radius 3 is 2.78 bits per heavy atom. The standard InChI is InChI=1S/C15H22BrNO/c1-3-12-8-14(16)9-13(15(12)18-2)7-11-5-4-6-17-10-11/h8-9,11,17H,3-7,10H2,1-2H3. The van der Waals surface area contributed by atoms with E-state index in [0.717, 1.165) is 31.1 Å². The third-order valence-corrected chi connectivity index (χ3v) is 4.16. The maximum Gasteiger partial charge on any atom is 0.125 e. The summed E-state index contributed by atoms with van der Waals surface area (Å²) in [6, 6.07) is 4.38. The van der Waals surface area contributed by atoms with Crippen LogP contribution in [0.25, 0.3) is 0 Å². The molecule has 2 nitrogen and oxygen atoms in total. The molecule has 0 aliphatic carbocycles. The summed E-state index contributed by atoms with van der Waals surface area (Å²) in [5.41, 5.74) is 2.64. The number of rotatable bonds is 4. The molecule has 1 aliphatic heterocycles. The smallest absolute Gasteiger partial charge is 0.125 e. The molecule has 1 saturated heterocycles. The maximum absolute atomic E-state index is 5.62. The SMILES string of the molecule is CCc1cc(Br)cc(CC2CCCNC2)c1OC. The molecule has 0 radical (unpaired) electrons. The van der Waals surface area contributed by atoms with Crippen molar-refractivity contribution in [2.24, 2.45) is 5.92 Å². The highest BCUT2D eigenvalue weighted by molar-refractivity contribution is 9.10. The number of aryl methyl sites for hydroxylation is 1. The first-order valence-corrected chi connectivity index (χ1v) is 7.60. The van der Waals surface area contributed by atoms with E-state index < -0.39 is 0 Å². The average molecular weight is 312 g/mol. The first-order valence-electron chi connectivity index (χ1n) is 6.80. The van der Waals surface area contributed by atoms with Crippen molar-refractivity contribution in [3.63, 3.8) is 0 Å². The third kappa shape index (κ3) is 3.27.